The van der Waals surface area contributed by atoms with Crippen molar-refractivity contribution in [1.82, 2.24) is 0 Å². The minimum Gasteiger partial charge on any atom is -0.489 e. The first kappa shape index (κ1) is 13.9. The molecule has 0 heterocycles. The van der Waals surface area contributed by atoms with E-state index in [-0.39, 0.29) is 23.6 Å². The van der Waals surface area contributed by atoms with Crippen molar-refractivity contribution in [1.29, 1.82) is 0 Å². The normalized spacial score (nSPS) is 10.1. The Labute approximate surface area is 115 Å². The average molecular weight is 275 g/mol. The van der Waals surface area contributed by atoms with Gasteiger partial charge in [-0.1, -0.05) is 30.3 Å². The van der Waals surface area contributed by atoms with Gasteiger partial charge in [-0.25, -0.2) is 9.18 Å². The number of carbonyl (C=O) groups is 1. The summed E-state index contributed by atoms with van der Waals surface area (Å²) in [7, 11) is 1.17. The summed E-state index contributed by atoms with van der Waals surface area (Å²) in [6.07, 6.45) is 0. The van der Waals surface area contributed by atoms with E-state index in [1.807, 2.05) is 30.3 Å². The number of nitrogen functional groups attached to an aromatic ring is 1. The molecule has 2 aromatic rings. The third-order valence-corrected chi connectivity index (χ3v) is 2.73. The van der Waals surface area contributed by atoms with Gasteiger partial charge < -0.3 is 15.2 Å². The molecule has 0 radical (unpaired) electrons. The molecule has 0 aromatic heterocycles. The van der Waals surface area contributed by atoms with Crippen LogP contribution in [0.2, 0.25) is 0 Å². The van der Waals surface area contributed by atoms with E-state index in [1.165, 1.54) is 13.2 Å². The molecule has 0 unspecified atom stereocenters. The van der Waals surface area contributed by atoms with Crippen LogP contribution in [0, 0.1) is 5.82 Å². The van der Waals surface area contributed by atoms with Crippen molar-refractivity contribution in [3.8, 4) is 5.75 Å². The van der Waals surface area contributed by atoms with Gasteiger partial charge in [-0.05, 0) is 5.56 Å². The number of halogens is 1. The van der Waals surface area contributed by atoms with Crippen molar-refractivity contribution in [2.75, 3.05) is 12.8 Å². The third-order valence-electron chi connectivity index (χ3n) is 2.73. The number of benzene rings is 2. The van der Waals surface area contributed by atoms with Crippen molar-refractivity contribution in [3.05, 3.63) is 59.4 Å². The summed E-state index contributed by atoms with van der Waals surface area (Å²) in [4.78, 5) is 11.4. The molecule has 0 atom stereocenters. The van der Waals surface area contributed by atoms with Gasteiger partial charge in [0.25, 0.3) is 0 Å². The first-order valence-corrected chi connectivity index (χ1v) is 5.96. The second-order valence-electron chi connectivity index (χ2n) is 4.14. The molecule has 0 fully saturated rings. The Morgan fingerprint density at radius 1 is 1.25 bits per heavy atom. The fraction of sp³-hybridized carbons (Fsp3) is 0.133. The highest BCUT2D eigenvalue weighted by Crippen LogP contribution is 2.25. The SMILES string of the molecule is COC(=O)c1c(N)cc(OCc2ccccc2)cc1F. The Kier molecular flexibility index (Phi) is 4.20. The molecular formula is C15H14FNO3. The highest BCUT2D eigenvalue weighted by atomic mass is 19.1. The molecule has 0 amide bonds. The Morgan fingerprint density at radius 2 is 1.95 bits per heavy atom. The van der Waals surface area contributed by atoms with Gasteiger partial charge in [0.05, 0.1) is 12.8 Å². The molecule has 4 nitrogen and oxygen atoms in total. The molecule has 0 aliphatic rings. The van der Waals surface area contributed by atoms with E-state index >= 15 is 0 Å². The second-order valence-corrected chi connectivity index (χ2v) is 4.14. The van der Waals surface area contributed by atoms with E-state index in [4.69, 9.17) is 10.5 Å². The van der Waals surface area contributed by atoms with Gasteiger partial charge >= 0.3 is 5.97 Å². The van der Waals surface area contributed by atoms with Crippen LogP contribution in [0.1, 0.15) is 15.9 Å². The van der Waals surface area contributed by atoms with Crippen LogP contribution < -0.4 is 10.5 Å². The van der Waals surface area contributed by atoms with Gasteiger partial charge in [-0.3, -0.25) is 0 Å². The quantitative estimate of drug-likeness (QED) is 0.688. The second kappa shape index (κ2) is 6.06. The number of hydrogen-bond donors (Lipinski definition) is 1. The summed E-state index contributed by atoms with van der Waals surface area (Å²) < 4.78 is 23.7. The van der Waals surface area contributed by atoms with E-state index < -0.39 is 11.8 Å². The van der Waals surface area contributed by atoms with Crippen LogP contribution in [0.3, 0.4) is 0 Å². The van der Waals surface area contributed by atoms with Crippen LogP contribution in [-0.2, 0) is 11.3 Å². The van der Waals surface area contributed by atoms with Gasteiger partial charge in [0, 0.05) is 12.1 Å². The molecule has 2 aromatic carbocycles. The van der Waals surface area contributed by atoms with E-state index in [9.17, 15) is 9.18 Å². The lowest BCUT2D eigenvalue weighted by molar-refractivity contribution is 0.0596. The van der Waals surface area contributed by atoms with Crippen molar-refractivity contribution >= 4 is 11.7 Å². The maximum absolute atomic E-state index is 13.8. The minimum atomic E-state index is -0.811. The Bertz CT molecular complexity index is 591. The lowest BCUT2D eigenvalue weighted by Gasteiger charge is -2.10. The highest BCUT2D eigenvalue weighted by molar-refractivity contribution is 5.95. The Hall–Kier alpha value is -2.56. The number of rotatable bonds is 4. The summed E-state index contributed by atoms with van der Waals surface area (Å²) in [5.41, 5.74) is 6.30. The molecule has 0 aliphatic carbocycles. The van der Waals surface area contributed by atoms with Crippen LogP contribution >= 0.6 is 0 Å². The summed E-state index contributed by atoms with van der Waals surface area (Å²) in [5, 5.41) is 0. The lowest BCUT2D eigenvalue weighted by Crippen LogP contribution is -2.09. The minimum absolute atomic E-state index is 0.0140. The molecule has 5 heteroatoms. The third kappa shape index (κ3) is 3.06. The van der Waals surface area contributed by atoms with Crippen LogP contribution in [0.15, 0.2) is 42.5 Å². The zero-order chi connectivity index (χ0) is 14.5. The van der Waals surface area contributed by atoms with E-state index in [1.54, 1.807) is 0 Å². The van der Waals surface area contributed by atoms with Crippen molar-refractivity contribution < 1.29 is 18.7 Å². The van der Waals surface area contributed by atoms with Crippen molar-refractivity contribution in [2.45, 2.75) is 6.61 Å². The number of ether oxygens (including phenoxy) is 2. The predicted molar refractivity (Wildman–Crippen MR) is 72.9 cm³/mol. The fourth-order valence-electron chi connectivity index (χ4n) is 1.74. The smallest absolute Gasteiger partial charge is 0.342 e. The number of hydrogen-bond acceptors (Lipinski definition) is 4. The number of nitrogens with two attached hydrogens (primary N) is 1. The first-order chi connectivity index (χ1) is 9.61. The predicted octanol–water partition coefficient (Wildman–Crippen LogP) is 2.77. The molecule has 2 N–H and O–H groups in total. The molecule has 0 saturated carbocycles. The molecule has 2 rings (SSSR count). The van der Waals surface area contributed by atoms with Gasteiger partial charge in [-0.15, -0.1) is 0 Å². The van der Waals surface area contributed by atoms with Crippen LogP contribution in [0.5, 0.6) is 5.75 Å². The number of methoxy groups -OCH3 is 1. The monoisotopic (exact) mass is 275 g/mol. The molecule has 20 heavy (non-hydrogen) atoms. The maximum atomic E-state index is 13.8. The van der Waals surface area contributed by atoms with E-state index in [0.717, 1.165) is 11.6 Å². The van der Waals surface area contributed by atoms with Gasteiger partial charge in [0.15, 0.2) is 0 Å². The van der Waals surface area contributed by atoms with E-state index in [0.29, 0.717) is 0 Å². The van der Waals surface area contributed by atoms with Crippen LogP contribution in [0.4, 0.5) is 10.1 Å². The van der Waals surface area contributed by atoms with Gasteiger partial charge in [-0.2, -0.15) is 0 Å². The van der Waals surface area contributed by atoms with Crippen LogP contribution in [0.25, 0.3) is 0 Å². The molecule has 0 spiro atoms. The van der Waals surface area contributed by atoms with Gasteiger partial charge in [0.2, 0.25) is 0 Å². The zero-order valence-electron chi connectivity index (χ0n) is 10.9. The topological polar surface area (TPSA) is 61.5 Å². The molecule has 0 saturated heterocycles. The maximum Gasteiger partial charge on any atom is 0.342 e. The summed E-state index contributed by atoms with van der Waals surface area (Å²) in [6.45, 7) is 0.289. The van der Waals surface area contributed by atoms with Crippen LogP contribution in [-0.4, -0.2) is 13.1 Å². The first-order valence-electron chi connectivity index (χ1n) is 5.96. The molecule has 0 bridgehead atoms. The number of esters is 1. The summed E-state index contributed by atoms with van der Waals surface area (Å²) >= 11 is 0. The number of anilines is 1. The summed E-state index contributed by atoms with van der Waals surface area (Å²) in [6, 6.07) is 12.0. The zero-order valence-corrected chi connectivity index (χ0v) is 10.9. The van der Waals surface area contributed by atoms with E-state index in [2.05, 4.69) is 4.74 Å². The standard InChI is InChI=1S/C15H14FNO3/c1-19-15(18)14-12(16)7-11(8-13(14)17)20-9-10-5-3-2-4-6-10/h2-8H,9,17H2,1H3. The summed E-state index contributed by atoms with van der Waals surface area (Å²) in [5.74, 6) is -1.31. The molecule has 0 aliphatic heterocycles. The highest BCUT2D eigenvalue weighted by Gasteiger charge is 2.17. The largest absolute Gasteiger partial charge is 0.489 e. The molecular weight excluding hydrogens is 261 g/mol. The number of carbonyl (C=O) groups excluding carboxylic acids is 1. The Balaban J connectivity index is 2.16. The lowest BCUT2D eigenvalue weighted by atomic mass is 10.1. The van der Waals surface area contributed by atoms with Gasteiger partial charge in [0.1, 0.15) is 23.7 Å². The van der Waals surface area contributed by atoms with Crippen molar-refractivity contribution in [2.24, 2.45) is 0 Å². The van der Waals surface area contributed by atoms with Crippen molar-refractivity contribution in [3.63, 3.8) is 0 Å². The Morgan fingerprint density at radius 3 is 2.55 bits per heavy atom. The average Bonchev–Trinajstić information content (AvgIpc) is 2.45. The molecule has 104 valence electrons. The fourth-order valence-corrected chi connectivity index (χ4v) is 1.74.